The van der Waals surface area contributed by atoms with Gasteiger partial charge in [-0.25, -0.2) is 9.88 Å². The highest BCUT2D eigenvalue weighted by molar-refractivity contribution is 7.21. The molecule has 1 aromatic heterocycles. The van der Waals surface area contributed by atoms with E-state index in [1.807, 2.05) is 61.5 Å². The molecule has 3 amide bonds. The molecule has 0 spiro atoms. The van der Waals surface area contributed by atoms with E-state index in [4.69, 9.17) is 4.98 Å². The second-order valence-electron chi connectivity index (χ2n) is 9.40. The highest BCUT2D eigenvalue weighted by Gasteiger charge is 2.44. The number of anilines is 1. The summed E-state index contributed by atoms with van der Waals surface area (Å²) in [7, 11) is 0. The summed E-state index contributed by atoms with van der Waals surface area (Å²) in [6.45, 7) is 4.40. The van der Waals surface area contributed by atoms with Crippen molar-refractivity contribution in [2.24, 2.45) is 0 Å². The minimum absolute atomic E-state index is 0.00203. The largest absolute Gasteiger partial charge is 0.330 e. The molecule has 5 rings (SSSR count). The third-order valence-corrected chi connectivity index (χ3v) is 7.75. The van der Waals surface area contributed by atoms with Gasteiger partial charge in [0, 0.05) is 18.5 Å². The smallest absolute Gasteiger partial charge is 0.257 e. The zero-order chi connectivity index (χ0) is 25.9. The Morgan fingerprint density at radius 1 is 1.05 bits per heavy atom. The van der Waals surface area contributed by atoms with Crippen LogP contribution >= 0.6 is 11.3 Å². The number of carbonyl (C=O) groups excluding carboxylic acids is 3. The molecule has 2 heterocycles. The molecule has 0 N–H and O–H groups in total. The molecule has 4 aromatic rings. The molecule has 37 heavy (non-hydrogen) atoms. The van der Waals surface area contributed by atoms with Crippen LogP contribution in [0.4, 0.5) is 5.69 Å². The molecule has 0 aliphatic carbocycles. The first-order valence-electron chi connectivity index (χ1n) is 12.6. The fraction of sp³-hybridized carbons (Fsp3) is 0.267. The van der Waals surface area contributed by atoms with E-state index in [1.54, 1.807) is 28.4 Å². The first kappa shape index (κ1) is 24.8. The number of hydrogen-bond donors (Lipinski definition) is 0. The first-order chi connectivity index (χ1) is 17.9. The summed E-state index contributed by atoms with van der Waals surface area (Å²) < 4.78 is 1.12. The van der Waals surface area contributed by atoms with Gasteiger partial charge in [-0.05, 0) is 67.3 Å². The Labute approximate surface area is 220 Å². The second-order valence-corrected chi connectivity index (χ2v) is 10.4. The average molecular weight is 512 g/mol. The number of imide groups is 1. The lowest BCUT2D eigenvalue weighted by Crippen LogP contribution is -2.46. The Kier molecular flexibility index (Phi) is 7.15. The van der Waals surface area contributed by atoms with Crippen molar-refractivity contribution in [3.05, 3.63) is 83.9 Å². The van der Waals surface area contributed by atoms with E-state index in [0.717, 1.165) is 26.4 Å². The van der Waals surface area contributed by atoms with Crippen molar-refractivity contribution >= 4 is 45.0 Å². The van der Waals surface area contributed by atoms with Gasteiger partial charge in [0.1, 0.15) is 11.0 Å². The monoisotopic (exact) mass is 511 g/mol. The van der Waals surface area contributed by atoms with E-state index >= 15 is 0 Å². The molecular formula is C30H29N3O3S. The third kappa shape index (κ3) is 5.18. The Morgan fingerprint density at radius 2 is 1.81 bits per heavy atom. The van der Waals surface area contributed by atoms with Crippen molar-refractivity contribution in [1.82, 2.24) is 9.88 Å². The number of amides is 3. The van der Waals surface area contributed by atoms with Crippen LogP contribution in [0.2, 0.25) is 0 Å². The van der Waals surface area contributed by atoms with Gasteiger partial charge < -0.3 is 4.90 Å². The van der Waals surface area contributed by atoms with Crippen molar-refractivity contribution in [2.75, 3.05) is 11.4 Å². The van der Waals surface area contributed by atoms with E-state index in [0.29, 0.717) is 31.5 Å². The molecule has 188 valence electrons. The Hall–Kier alpha value is -3.84. The van der Waals surface area contributed by atoms with Crippen molar-refractivity contribution in [3.8, 4) is 10.6 Å². The molecule has 1 fully saturated rings. The van der Waals surface area contributed by atoms with E-state index < -0.39 is 6.04 Å². The Balaban J connectivity index is 1.35. The summed E-state index contributed by atoms with van der Waals surface area (Å²) in [5, 5.41) is 0.890. The Bertz CT molecular complexity index is 1450. The number of benzene rings is 3. The highest BCUT2D eigenvalue weighted by Crippen LogP contribution is 2.33. The number of hydrogen-bond acceptors (Lipinski definition) is 5. The van der Waals surface area contributed by atoms with Crippen LogP contribution in [0.5, 0.6) is 0 Å². The maximum Gasteiger partial charge on any atom is 0.257 e. The SMILES string of the molecule is CCCC(=O)N(CCc1ccccc1)C1CC(=O)N(c2ccc(-c3nc4ccc(C)cc4s3)cc2)C1=O. The van der Waals surface area contributed by atoms with Crippen LogP contribution < -0.4 is 4.90 Å². The van der Waals surface area contributed by atoms with Crippen LogP contribution in [0, 0.1) is 6.92 Å². The molecule has 0 saturated carbocycles. The normalized spacial score (nSPS) is 15.5. The van der Waals surface area contributed by atoms with Gasteiger partial charge >= 0.3 is 0 Å². The molecular weight excluding hydrogens is 482 g/mol. The van der Waals surface area contributed by atoms with Gasteiger partial charge in [-0.15, -0.1) is 11.3 Å². The quantitative estimate of drug-likeness (QED) is 0.281. The first-order valence-corrected chi connectivity index (χ1v) is 13.4. The molecule has 7 heteroatoms. The lowest BCUT2D eigenvalue weighted by Gasteiger charge is -2.28. The number of rotatable bonds is 8. The summed E-state index contributed by atoms with van der Waals surface area (Å²) in [4.78, 5) is 47.0. The molecule has 1 unspecified atom stereocenters. The number of fused-ring (bicyclic) bond motifs is 1. The topological polar surface area (TPSA) is 70.6 Å². The maximum absolute atomic E-state index is 13.5. The van der Waals surface area contributed by atoms with Crippen LogP contribution in [0.25, 0.3) is 20.8 Å². The number of thiazole rings is 1. The zero-order valence-electron chi connectivity index (χ0n) is 21.0. The molecule has 1 aliphatic rings. The fourth-order valence-corrected chi connectivity index (χ4v) is 5.81. The molecule has 0 radical (unpaired) electrons. The van der Waals surface area contributed by atoms with Gasteiger partial charge in [-0.2, -0.15) is 0 Å². The van der Waals surface area contributed by atoms with Crippen LogP contribution in [0.15, 0.2) is 72.8 Å². The molecule has 3 aromatic carbocycles. The summed E-state index contributed by atoms with van der Waals surface area (Å²) in [6, 6.07) is 22.6. The summed E-state index contributed by atoms with van der Waals surface area (Å²) in [5.74, 6) is -0.717. The van der Waals surface area contributed by atoms with Crippen LogP contribution in [-0.2, 0) is 20.8 Å². The van der Waals surface area contributed by atoms with Crippen molar-refractivity contribution in [3.63, 3.8) is 0 Å². The Morgan fingerprint density at radius 3 is 2.54 bits per heavy atom. The van der Waals surface area contributed by atoms with Gasteiger partial charge in [0.25, 0.3) is 5.91 Å². The molecule has 0 bridgehead atoms. The molecule has 1 saturated heterocycles. The number of aryl methyl sites for hydroxylation is 1. The van der Waals surface area contributed by atoms with E-state index in [2.05, 4.69) is 13.0 Å². The number of carbonyl (C=O) groups is 3. The zero-order valence-corrected chi connectivity index (χ0v) is 21.8. The van der Waals surface area contributed by atoms with Crippen molar-refractivity contribution in [2.45, 2.75) is 45.6 Å². The third-order valence-electron chi connectivity index (χ3n) is 6.68. The van der Waals surface area contributed by atoms with Gasteiger partial charge in [-0.1, -0.05) is 43.3 Å². The molecule has 1 atom stereocenters. The highest BCUT2D eigenvalue weighted by atomic mass is 32.1. The predicted octanol–water partition coefficient (Wildman–Crippen LogP) is 5.78. The van der Waals surface area contributed by atoms with Gasteiger partial charge in [0.05, 0.1) is 22.3 Å². The average Bonchev–Trinajstić information content (AvgIpc) is 3.45. The summed E-state index contributed by atoms with van der Waals surface area (Å²) in [5.41, 5.74) is 4.68. The van der Waals surface area contributed by atoms with Crippen molar-refractivity contribution < 1.29 is 14.4 Å². The number of nitrogens with zero attached hydrogens (tertiary/aromatic N) is 3. The van der Waals surface area contributed by atoms with E-state index in [-0.39, 0.29) is 24.1 Å². The molecule has 6 nitrogen and oxygen atoms in total. The standard InChI is InChI=1S/C30H29N3O3S/c1-3-7-27(34)32(17-16-21-8-5-4-6-9-21)25-19-28(35)33(30(25)36)23-13-11-22(12-14-23)29-31-24-15-10-20(2)18-26(24)37-29/h4-6,8-15,18,25H,3,7,16-17,19H2,1-2H3. The van der Waals surface area contributed by atoms with Crippen molar-refractivity contribution in [1.29, 1.82) is 0 Å². The lowest BCUT2D eigenvalue weighted by atomic mass is 10.1. The number of aromatic nitrogens is 1. The van der Waals surface area contributed by atoms with Gasteiger partial charge in [-0.3, -0.25) is 14.4 Å². The van der Waals surface area contributed by atoms with Crippen LogP contribution in [0.3, 0.4) is 0 Å². The van der Waals surface area contributed by atoms with Crippen LogP contribution in [0.1, 0.15) is 37.3 Å². The minimum Gasteiger partial charge on any atom is -0.330 e. The summed E-state index contributed by atoms with van der Waals surface area (Å²) >= 11 is 1.62. The molecule has 1 aliphatic heterocycles. The second kappa shape index (κ2) is 10.6. The fourth-order valence-electron chi connectivity index (χ4n) is 4.75. The predicted molar refractivity (Wildman–Crippen MR) is 147 cm³/mol. The summed E-state index contributed by atoms with van der Waals surface area (Å²) in [6.07, 6.45) is 1.67. The van der Waals surface area contributed by atoms with Crippen LogP contribution in [-0.4, -0.2) is 40.2 Å². The lowest BCUT2D eigenvalue weighted by molar-refractivity contribution is -0.138. The maximum atomic E-state index is 13.5. The minimum atomic E-state index is -0.776. The van der Waals surface area contributed by atoms with E-state index in [1.165, 1.54) is 10.5 Å². The van der Waals surface area contributed by atoms with E-state index in [9.17, 15) is 14.4 Å². The van der Waals surface area contributed by atoms with Gasteiger partial charge in [0.15, 0.2) is 0 Å². The van der Waals surface area contributed by atoms with Gasteiger partial charge in [0.2, 0.25) is 11.8 Å².